The molecule has 0 bridgehead atoms. The van der Waals surface area contributed by atoms with Crippen LogP contribution in [0.15, 0.2) is 67.0 Å². The normalized spacial score (nSPS) is 12.1. The van der Waals surface area contributed by atoms with Crippen LogP contribution in [-0.2, 0) is 16.8 Å². The molecule has 116 valence electrons. The Balaban J connectivity index is 2.06. The Morgan fingerprint density at radius 1 is 1.00 bits per heavy atom. The molecule has 0 amide bonds. The van der Waals surface area contributed by atoms with Gasteiger partial charge >= 0.3 is 0 Å². The first kappa shape index (κ1) is 15.5. The van der Waals surface area contributed by atoms with Gasteiger partial charge in [-0.05, 0) is 28.8 Å². The van der Waals surface area contributed by atoms with Crippen molar-refractivity contribution in [1.29, 1.82) is 0 Å². The van der Waals surface area contributed by atoms with Gasteiger partial charge in [0.2, 0.25) is 0 Å². The minimum atomic E-state index is -2.06. The Bertz CT molecular complexity index is 853. The van der Waals surface area contributed by atoms with Crippen LogP contribution in [0.5, 0.6) is 0 Å². The van der Waals surface area contributed by atoms with Gasteiger partial charge in [-0.1, -0.05) is 42.5 Å². The van der Waals surface area contributed by atoms with Crippen LogP contribution in [0.4, 0.5) is 4.39 Å². The Hall–Kier alpha value is -2.37. The van der Waals surface area contributed by atoms with Gasteiger partial charge in [-0.15, -0.1) is 0 Å². The summed E-state index contributed by atoms with van der Waals surface area (Å²) in [5.74, 6) is -0.710. The van der Waals surface area contributed by atoms with E-state index in [2.05, 4.69) is 4.98 Å². The lowest BCUT2D eigenvalue weighted by Crippen LogP contribution is -1.97. The predicted molar refractivity (Wildman–Crippen MR) is 89.5 cm³/mol. The lowest BCUT2D eigenvalue weighted by Gasteiger charge is -2.10. The summed E-state index contributed by atoms with van der Waals surface area (Å²) in [5, 5.41) is 0. The molecule has 3 nitrogen and oxygen atoms in total. The Kier molecular flexibility index (Phi) is 4.60. The number of rotatable bonds is 4. The number of nitrogens with zero attached hydrogens (tertiary/aromatic N) is 1. The van der Waals surface area contributed by atoms with Crippen molar-refractivity contribution in [1.82, 2.24) is 4.98 Å². The summed E-state index contributed by atoms with van der Waals surface area (Å²) in [4.78, 5) is 4.14. The van der Waals surface area contributed by atoms with Crippen LogP contribution in [0.3, 0.4) is 0 Å². The summed E-state index contributed by atoms with van der Waals surface area (Å²) in [6.07, 6.45) is 3.40. The van der Waals surface area contributed by atoms with Crippen molar-refractivity contribution in [2.75, 3.05) is 0 Å². The number of hydrogen-bond donors (Lipinski definition) is 1. The zero-order valence-electron chi connectivity index (χ0n) is 12.1. The van der Waals surface area contributed by atoms with Gasteiger partial charge in [-0.3, -0.25) is 4.98 Å². The first-order valence-electron chi connectivity index (χ1n) is 7.01. The molecular formula is C18H14FNO2S. The second kappa shape index (κ2) is 6.81. The molecule has 0 aliphatic carbocycles. The second-order valence-corrected chi connectivity index (χ2v) is 5.99. The number of benzene rings is 2. The standard InChI is InChI=1S/C18H14FNO2S/c19-18-10-14(6-7-15(18)12-23(21)22)17-11-20-9-8-16(17)13-4-2-1-3-5-13/h1-11H,12H2,(H,21,22). The van der Waals surface area contributed by atoms with Crippen LogP contribution >= 0.6 is 0 Å². The quantitative estimate of drug-likeness (QED) is 0.728. The van der Waals surface area contributed by atoms with E-state index in [4.69, 9.17) is 4.55 Å². The Morgan fingerprint density at radius 2 is 1.78 bits per heavy atom. The molecule has 1 aromatic heterocycles. The monoisotopic (exact) mass is 327 g/mol. The number of pyridine rings is 1. The highest BCUT2D eigenvalue weighted by Gasteiger charge is 2.11. The van der Waals surface area contributed by atoms with E-state index >= 15 is 0 Å². The minimum Gasteiger partial charge on any atom is -0.306 e. The van der Waals surface area contributed by atoms with E-state index in [1.807, 2.05) is 36.4 Å². The topological polar surface area (TPSA) is 50.2 Å². The van der Waals surface area contributed by atoms with Gasteiger partial charge < -0.3 is 4.55 Å². The third-order valence-electron chi connectivity index (χ3n) is 3.55. The van der Waals surface area contributed by atoms with Gasteiger partial charge in [0.15, 0.2) is 11.1 Å². The smallest absolute Gasteiger partial charge is 0.157 e. The molecule has 1 heterocycles. The van der Waals surface area contributed by atoms with Crippen LogP contribution in [0.25, 0.3) is 22.3 Å². The summed E-state index contributed by atoms with van der Waals surface area (Å²) in [6, 6.07) is 16.4. The molecule has 0 aliphatic rings. The molecule has 1 unspecified atom stereocenters. The molecule has 0 radical (unpaired) electrons. The lowest BCUT2D eigenvalue weighted by atomic mass is 9.96. The van der Waals surface area contributed by atoms with Crippen molar-refractivity contribution in [2.24, 2.45) is 0 Å². The molecule has 1 atom stereocenters. The minimum absolute atomic E-state index is 0.218. The number of hydrogen-bond acceptors (Lipinski definition) is 2. The van der Waals surface area contributed by atoms with E-state index in [1.54, 1.807) is 24.5 Å². The van der Waals surface area contributed by atoms with E-state index in [0.29, 0.717) is 5.56 Å². The SMILES string of the molecule is O=S(O)Cc1ccc(-c2cnccc2-c2ccccc2)cc1F. The number of aromatic nitrogens is 1. The third-order valence-corrected chi connectivity index (χ3v) is 4.11. The molecular weight excluding hydrogens is 313 g/mol. The van der Waals surface area contributed by atoms with Crippen molar-refractivity contribution >= 4 is 11.1 Å². The molecule has 0 spiro atoms. The van der Waals surface area contributed by atoms with Crippen LogP contribution < -0.4 is 0 Å². The Labute approximate surface area is 136 Å². The molecule has 3 aromatic rings. The summed E-state index contributed by atoms with van der Waals surface area (Å²) < 4.78 is 33.9. The zero-order chi connectivity index (χ0) is 16.2. The van der Waals surface area contributed by atoms with Crippen molar-refractivity contribution in [3.63, 3.8) is 0 Å². The maximum Gasteiger partial charge on any atom is 0.157 e. The van der Waals surface area contributed by atoms with E-state index < -0.39 is 16.9 Å². The average molecular weight is 327 g/mol. The maximum atomic E-state index is 14.2. The third kappa shape index (κ3) is 3.52. The molecule has 23 heavy (non-hydrogen) atoms. The van der Waals surface area contributed by atoms with Crippen molar-refractivity contribution < 1.29 is 13.2 Å². The molecule has 0 saturated heterocycles. The maximum absolute atomic E-state index is 14.2. The van der Waals surface area contributed by atoms with Gasteiger partial charge in [0.25, 0.3) is 0 Å². The molecule has 2 aromatic carbocycles. The van der Waals surface area contributed by atoms with E-state index in [0.717, 1.165) is 16.7 Å². The first-order valence-corrected chi connectivity index (χ1v) is 8.28. The van der Waals surface area contributed by atoms with Gasteiger partial charge in [-0.2, -0.15) is 0 Å². The fourth-order valence-electron chi connectivity index (χ4n) is 2.46. The van der Waals surface area contributed by atoms with Crippen LogP contribution in [0.2, 0.25) is 0 Å². The first-order chi connectivity index (χ1) is 11.1. The fraction of sp³-hybridized carbons (Fsp3) is 0.0556. The van der Waals surface area contributed by atoms with Gasteiger partial charge in [0.1, 0.15) is 5.82 Å². The zero-order valence-corrected chi connectivity index (χ0v) is 13.0. The fourth-order valence-corrected chi connectivity index (χ4v) is 2.96. The predicted octanol–water partition coefficient (Wildman–Crippen LogP) is 4.28. The highest BCUT2D eigenvalue weighted by atomic mass is 32.2. The van der Waals surface area contributed by atoms with Gasteiger partial charge in [-0.25, -0.2) is 8.60 Å². The summed E-state index contributed by atoms with van der Waals surface area (Å²) in [6.45, 7) is 0. The summed E-state index contributed by atoms with van der Waals surface area (Å²) in [5.41, 5.74) is 3.69. The van der Waals surface area contributed by atoms with E-state index in [1.165, 1.54) is 6.07 Å². The van der Waals surface area contributed by atoms with E-state index in [-0.39, 0.29) is 11.3 Å². The van der Waals surface area contributed by atoms with Gasteiger partial charge in [0, 0.05) is 23.5 Å². The average Bonchev–Trinajstić information content (AvgIpc) is 2.57. The summed E-state index contributed by atoms with van der Waals surface area (Å²) in [7, 11) is 0. The summed E-state index contributed by atoms with van der Waals surface area (Å²) >= 11 is -2.06. The molecule has 3 rings (SSSR count). The highest BCUT2D eigenvalue weighted by Crippen LogP contribution is 2.32. The highest BCUT2D eigenvalue weighted by molar-refractivity contribution is 7.78. The molecule has 0 saturated carbocycles. The van der Waals surface area contributed by atoms with E-state index in [9.17, 15) is 8.60 Å². The number of halogens is 1. The second-order valence-electron chi connectivity index (χ2n) is 5.06. The van der Waals surface area contributed by atoms with Crippen LogP contribution in [0, 0.1) is 5.82 Å². The van der Waals surface area contributed by atoms with Crippen LogP contribution in [-0.4, -0.2) is 13.7 Å². The van der Waals surface area contributed by atoms with Gasteiger partial charge in [0.05, 0.1) is 5.75 Å². The lowest BCUT2D eigenvalue weighted by molar-refractivity contribution is 0.559. The largest absolute Gasteiger partial charge is 0.306 e. The molecule has 1 N–H and O–H groups in total. The molecule has 0 fully saturated rings. The molecule has 5 heteroatoms. The van der Waals surface area contributed by atoms with Crippen molar-refractivity contribution in [3.8, 4) is 22.3 Å². The van der Waals surface area contributed by atoms with Crippen molar-refractivity contribution in [3.05, 3.63) is 78.4 Å². The van der Waals surface area contributed by atoms with Crippen LogP contribution in [0.1, 0.15) is 5.56 Å². The Morgan fingerprint density at radius 3 is 2.48 bits per heavy atom. The van der Waals surface area contributed by atoms with Crippen molar-refractivity contribution in [2.45, 2.75) is 5.75 Å². The molecule has 0 aliphatic heterocycles.